The predicted molar refractivity (Wildman–Crippen MR) is 63.6 cm³/mol. The molecule has 16 heavy (non-hydrogen) atoms. The van der Waals surface area contributed by atoms with E-state index in [1.165, 1.54) is 0 Å². The molecule has 0 aromatic carbocycles. The molecule has 0 aromatic rings. The van der Waals surface area contributed by atoms with Crippen LogP contribution in [0.4, 0.5) is 4.79 Å². The number of carbonyl (C=O) groups excluding carboxylic acids is 1. The van der Waals surface area contributed by atoms with Gasteiger partial charge in [-0.05, 0) is 27.2 Å². The highest BCUT2D eigenvalue weighted by molar-refractivity contribution is 5.93. The van der Waals surface area contributed by atoms with Crippen molar-refractivity contribution in [2.24, 2.45) is 10.9 Å². The second kappa shape index (κ2) is 6.19. The average molecular weight is 230 g/mol. The van der Waals surface area contributed by atoms with Crippen LogP contribution in [0.1, 0.15) is 34.1 Å². The Morgan fingerprint density at radius 3 is 2.25 bits per heavy atom. The fourth-order valence-electron chi connectivity index (χ4n) is 1.27. The summed E-state index contributed by atoms with van der Waals surface area (Å²) in [6.07, 6.45) is 0.551. The number of nitrogens with two attached hydrogens (primary N) is 1. The lowest BCUT2D eigenvalue weighted by Crippen LogP contribution is -2.58. The molecule has 4 N–H and O–H groups in total. The van der Waals surface area contributed by atoms with E-state index in [4.69, 9.17) is 10.9 Å². The van der Waals surface area contributed by atoms with Crippen LogP contribution in [0.15, 0.2) is 5.16 Å². The van der Waals surface area contributed by atoms with Gasteiger partial charge in [0.05, 0.1) is 5.54 Å². The summed E-state index contributed by atoms with van der Waals surface area (Å²) >= 11 is 0. The van der Waals surface area contributed by atoms with Crippen molar-refractivity contribution in [1.82, 2.24) is 10.2 Å². The number of nitrogens with zero attached hydrogens (tertiary/aromatic N) is 2. The first-order chi connectivity index (χ1) is 7.45. The third-order valence-corrected chi connectivity index (χ3v) is 2.81. The summed E-state index contributed by atoms with van der Waals surface area (Å²) in [5.74, 6) is 0.00973. The number of hydrogen-bond acceptors (Lipinski definition) is 3. The van der Waals surface area contributed by atoms with E-state index >= 15 is 0 Å². The normalized spacial score (nSPS) is 15.4. The molecule has 6 heteroatoms. The molecule has 0 heterocycles. The summed E-state index contributed by atoms with van der Waals surface area (Å²) in [4.78, 5) is 13.5. The highest BCUT2D eigenvalue weighted by Crippen LogP contribution is 2.10. The van der Waals surface area contributed by atoms with Crippen LogP contribution in [-0.2, 0) is 0 Å². The first kappa shape index (κ1) is 14.5. The third-order valence-electron chi connectivity index (χ3n) is 2.81. The van der Waals surface area contributed by atoms with Crippen LogP contribution in [0.3, 0.4) is 0 Å². The number of amidine groups is 1. The number of nitrogens with one attached hydrogen (secondary N) is 1. The summed E-state index contributed by atoms with van der Waals surface area (Å²) in [7, 11) is 0. The lowest BCUT2D eigenvalue weighted by Gasteiger charge is -2.31. The molecule has 1 unspecified atom stereocenters. The van der Waals surface area contributed by atoms with Gasteiger partial charge in [-0.25, -0.2) is 4.79 Å². The average Bonchev–Trinajstić information content (AvgIpc) is 2.29. The SMILES string of the molecule is CCN(CC)C(=O)NC(C)(CC)C(N)=NO. The first-order valence-corrected chi connectivity index (χ1v) is 5.50. The fourth-order valence-corrected chi connectivity index (χ4v) is 1.27. The van der Waals surface area contributed by atoms with Crippen LogP contribution in [0, 0.1) is 0 Å². The number of urea groups is 1. The van der Waals surface area contributed by atoms with E-state index in [9.17, 15) is 4.79 Å². The summed E-state index contributed by atoms with van der Waals surface area (Å²) in [6.45, 7) is 8.63. The van der Waals surface area contributed by atoms with Crippen molar-refractivity contribution in [2.75, 3.05) is 13.1 Å². The summed E-state index contributed by atoms with van der Waals surface area (Å²) in [5, 5.41) is 14.4. The summed E-state index contributed by atoms with van der Waals surface area (Å²) in [6, 6.07) is -0.207. The van der Waals surface area contributed by atoms with Crippen molar-refractivity contribution >= 4 is 11.9 Å². The van der Waals surface area contributed by atoms with Crippen molar-refractivity contribution in [3.8, 4) is 0 Å². The molecular formula is C10H22N4O2. The van der Waals surface area contributed by atoms with E-state index in [-0.39, 0.29) is 11.9 Å². The molecule has 0 radical (unpaired) electrons. The highest BCUT2D eigenvalue weighted by Gasteiger charge is 2.30. The zero-order valence-electron chi connectivity index (χ0n) is 10.4. The maximum Gasteiger partial charge on any atom is 0.318 e. The topological polar surface area (TPSA) is 91.0 Å². The van der Waals surface area contributed by atoms with Crippen LogP contribution in [-0.4, -0.2) is 40.6 Å². The van der Waals surface area contributed by atoms with Crippen LogP contribution >= 0.6 is 0 Å². The Balaban J connectivity index is 4.72. The molecule has 0 saturated heterocycles. The molecule has 0 spiro atoms. The van der Waals surface area contributed by atoms with Gasteiger partial charge >= 0.3 is 6.03 Å². The Morgan fingerprint density at radius 2 is 1.94 bits per heavy atom. The smallest absolute Gasteiger partial charge is 0.318 e. The lowest BCUT2D eigenvalue weighted by molar-refractivity contribution is 0.195. The predicted octanol–water partition coefficient (Wildman–Crippen LogP) is 0.953. The van der Waals surface area contributed by atoms with Crippen molar-refractivity contribution in [1.29, 1.82) is 0 Å². The molecule has 0 aliphatic rings. The van der Waals surface area contributed by atoms with Gasteiger partial charge in [0.15, 0.2) is 5.84 Å². The van der Waals surface area contributed by atoms with Gasteiger partial charge in [0.2, 0.25) is 0 Å². The van der Waals surface area contributed by atoms with Gasteiger partial charge in [-0.15, -0.1) is 0 Å². The number of carbonyl (C=O) groups is 1. The first-order valence-electron chi connectivity index (χ1n) is 5.50. The molecular weight excluding hydrogens is 208 g/mol. The third kappa shape index (κ3) is 3.29. The van der Waals surface area contributed by atoms with E-state index in [1.54, 1.807) is 11.8 Å². The fraction of sp³-hybridized carbons (Fsp3) is 0.800. The molecule has 0 aromatic heterocycles. The minimum absolute atomic E-state index is 0.00973. The van der Waals surface area contributed by atoms with E-state index in [0.717, 1.165) is 0 Å². The molecule has 0 saturated carbocycles. The molecule has 94 valence electrons. The highest BCUT2D eigenvalue weighted by atomic mass is 16.4. The van der Waals surface area contributed by atoms with Gasteiger partial charge in [-0.2, -0.15) is 0 Å². The molecule has 6 nitrogen and oxygen atoms in total. The van der Waals surface area contributed by atoms with E-state index in [2.05, 4.69) is 10.5 Å². The minimum atomic E-state index is -0.811. The molecule has 1 atom stereocenters. The van der Waals surface area contributed by atoms with Crippen molar-refractivity contribution < 1.29 is 10.0 Å². The molecule has 0 fully saturated rings. The van der Waals surface area contributed by atoms with Crippen LogP contribution < -0.4 is 11.1 Å². The maximum atomic E-state index is 11.8. The molecule has 0 bridgehead atoms. The Labute approximate surface area is 96.5 Å². The van der Waals surface area contributed by atoms with Gasteiger partial charge in [-0.1, -0.05) is 12.1 Å². The van der Waals surface area contributed by atoms with Crippen LogP contribution in [0.25, 0.3) is 0 Å². The minimum Gasteiger partial charge on any atom is -0.409 e. The van der Waals surface area contributed by atoms with Gasteiger partial charge in [0.25, 0.3) is 0 Å². The zero-order valence-corrected chi connectivity index (χ0v) is 10.4. The van der Waals surface area contributed by atoms with Gasteiger partial charge < -0.3 is 21.2 Å². The standard InChI is InChI=1S/C10H22N4O2/c1-5-10(4,8(11)13-16)12-9(15)14(6-2)7-3/h16H,5-7H2,1-4H3,(H2,11,13)(H,12,15). The number of oxime groups is 1. The Bertz CT molecular complexity index is 264. The quantitative estimate of drug-likeness (QED) is 0.284. The number of hydrogen-bond donors (Lipinski definition) is 3. The van der Waals surface area contributed by atoms with Crippen molar-refractivity contribution in [2.45, 2.75) is 39.7 Å². The van der Waals surface area contributed by atoms with Crippen LogP contribution in [0.2, 0.25) is 0 Å². The number of amides is 2. The van der Waals surface area contributed by atoms with Gasteiger partial charge in [0.1, 0.15) is 0 Å². The number of rotatable bonds is 5. The van der Waals surface area contributed by atoms with Crippen LogP contribution in [0.5, 0.6) is 0 Å². The van der Waals surface area contributed by atoms with Crippen molar-refractivity contribution in [3.63, 3.8) is 0 Å². The van der Waals surface area contributed by atoms with Gasteiger partial charge in [-0.3, -0.25) is 0 Å². The lowest BCUT2D eigenvalue weighted by atomic mass is 9.98. The van der Waals surface area contributed by atoms with Gasteiger partial charge in [0, 0.05) is 13.1 Å². The maximum absolute atomic E-state index is 11.8. The van der Waals surface area contributed by atoms with Crippen molar-refractivity contribution in [3.05, 3.63) is 0 Å². The monoisotopic (exact) mass is 230 g/mol. The Kier molecular flexibility index (Phi) is 5.63. The van der Waals surface area contributed by atoms with E-state index < -0.39 is 5.54 Å². The molecule has 0 rings (SSSR count). The molecule has 2 amide bonds. The summed E-state index contributed by atoms with van der Waals surface area (Å²) < 4.78 is 0. The summed E-state index contributed by atoms with van der Waals surface area (Å²) in [5.41, 5.74) is 4.75. The van der Waals surface area contributed by atoms with E-state index in [0.29, 0.717) is 19.5 Å². The molecule has 0 aliphatic carbocycles. The second-order valence-corrected chi connectivity index (χ2v) is 3.77. The molecule has 0 aliphatic heterocycles. The Morgan fingerprint density at radius 1 is 1.44 bits per heavy atom. The Hall–Kier alpha value is -1.46. The van der Waals surface area contributed by atoms with E-state index in [1.807, 2.05) is 20.8 Å². The largest absolute Gasteiger partial charge is 0.409 e. The second-order valence-electron chi connectivity index (χ2n) is 3.77. The zero-order chi connectivity index (χ0) is 12.8.